The molecule has 0 unspecified atom stereocenters. The molecule has 3 rings (SSSR count). The molecule has 1 aliphatic heterocycles. The molecule has 1 N–H and O–H groups in total. The summed E-state index contributed by atoms with van der Waals surface area (Å²) in [5, 5.41) is 8.31. The van der Waals surface area contributed by atoms with Gasteiger partial charge in [-0.15, -0.1) is 0 Å². The molecule has 0 atom stereocenters. The molecule has 0 saturated heterocycles. The maximum absolute atomic E-state index is 13.1. The van der Waals surface area contributed by atoms with Crippen LogP contribution >= 0.6 is 0 Å². The number of fused-ring (bicyclic) bond motifs is 1. The van der Waals surface area contributed by atoms with E-state index >= 15 is 0 Å². The van der Waals surface area contributed by atoms with E-state index in [4.69, 9.17) is 5.10 Å². The molecule has 0 bridgehead atoms. The van der Waals surface area contributed by atoms with Crippen molar-refractivity contribution in [1.82, 2.24) is 9.78 Å². The van der Waals surface area contributed by atoms with E-state index in [2.05, 4.69) is 19.2 Å². The highest BCUT2D eigenvalue weighted by atomic mass is 19.1. The van der Waals surface area contributed by atoms with Crippen LogP contribution in [0.3, 0.4) is 0 Å². The van der Waals surface area contributed by atoms with Gasteiger partial charge in [-0.3, -0.25) is 0 Å². The zero-order valence-electron chi connectivity index (χ0n) is 12.7. The van der Waals surface area contributed by atoms with E-state index in [1.165, 1.54) is 36.2 Å². The van der Waals surface area contributed by atoms with Gasteiger partial charge in [0.25, 0.3) is 0 Å². The third-order valence-corrected chi connectivity index (χ3v) is 3.89. The Morgan fingerprint density at radius 2 is 2.00 bits per heavy atom. The lowest BCUT2D eigenvalue weighted by atomic mass is 10.0. The van der Waals surface area contributed by atoms with Gasteiger partial charge in [0.15, 0.2) is 0 Å². The maximum Gasteiger partial charge on any atom is 0.133 e. The number of hydrogen-bond acceptors (Lipinski definition) is 2. The minimum absolute atomic E-state index is 0.215. The molecule has 3 nitrogen and oxygen atoms in total. The summed E-state index contributed by atoms with van der Waals surface area (Å²) in [5.74, 6) is 1.45. The lowest BCUT2D eigenvalue weighted by molar-refractivity contribution is 0.620. The topological polar surface area (TPSA) is 29.9 Å². The van der Waals surface area contributed by atoms with E-state index in [1.807, 2.05) is 4.68 Å². The first-order valence-corrected chi connectivity index (χ1v) is 7.75. The second-order valence-corrected chi connectivity index (χ2v) is 6.14. The highest BCUT2D eigenvalue weighted by Crippen LogP contribution is 2.29. The fourth-order valence-corrected chi connectivity index (χ4v) is 2.89. The number of nitrogens with one attached hydrogen (secondary N) is 1. The van der Waals surface area contributed by atoms with Crippen LogP contribution in [-0.4, -0.2) is 16.3 Å². The average molecular weight is 287 g/mol. The van der Waals surface area contributed by atoms with Crippen molar-refractivity contribution in [2.75, 3.05) is 11.9 Å². The summed E-state index contributed by atoms with van der Waals surface area (Å²) in [6.45, 7) is 5.40. The highest BCUT2D eigenvalue weighted by molar-refractivity contribution is 5.54. The molecule has 0 spiro atoms. The van der Waals surface area contributed by atoms with Gasteiger partial charge in [0.05, 0.1) is 11.4 Å². The van der Waals surface area contributed by atoms with Crippen LogP contribution in [0.2, 0.25) is 0 Å². The molecule has 2 heterocycles. The number of aromatic nitrogens is 2. The normalized spacial score (nSPS) is 14.7. The van der Waals surface area contributed by atoms with Crippen LogP contribution in [0, 0.1) is 11.7 Å². The zero-order chi connectivity index (χ0) is 14.8. The third kappa shape index (κ3) is 2.94. The molecule has 0 saturated carbocycles. The number of rotatable bonds is 3. The first-order chi connectivity index (χ1) is 10.1. The van der Waals surface area contributed by atoms with Gasteiger partial charge < -0.3 is 5.32 Å². The summed E-state index contributed by atoms with van der Waals surface area (Å²) >= 11 is 0. The standard InChI is InChI=1S/C17H22FN3/c1-12(2)11-16-15-5-3-4-10-19-17(15)21(20-16)14-8-6-13(18)7-9-14/h6-9,12,19H,3-5,10-11H2,1-2H3. The van der Waals surface area contributed by atoms with Gasteiger partial charge in [-0.05, 0) is 55.9 Å². The number of anilines is 1. The Labute approximate surface area is 125 Å². The summed E-state index contributed by atoms with van der Waals surface area (Å²) in [6.07, 6.45) is 4.43. The van der Waals surface area contributed by atoms with Gasteiger partial charge in [0.1, 0.15) is 11.6 Å². The van der Waals surface area contributed by atoms with Gasteiger partial charge in [-0.25, -0.2) is 9.07 Å². The predicted octanol–water partition coefficient (Wildman–Crippen LogP) is 3.96. The van der Waals surface area contributed by atoms with Gasteiger partial charge >= 0.3 is 0 Å². The van der Waals surface area contributed by atoms with Crippen molar-refractivity contribution >= 4 is 5.82 Å². The summed E-state index contributed by atoms with van der Waals surface area (Å²) in [4.78, 5) is 0. The quantitative estimate of drug-likeness (QED) is 0.926. The predicted molar refractivity (Wildman–Crippen MR) is 83.5 cm³/mol. The van der Waals surface area contributed by atoms with Crippen LogP contribution < -0.4 is 5.32 Å². The Balaban J connectivity index is 2.07. The van der Waals surface area contributed by atoms with Crippen molar-refractivity contribution in [2.45, 2.75) is 39.5 Å². The van der Waals surface area contributed by atoms with E-state index in [9.17, 15) is 4.39 Å². The Kier molecular flexibility index (Phi) is 3.95. The minimum atomic E-state index is -0.215. The zero-order valence-corrected chi connectivity index (χ0v) is 12.7. The summed E-state index contributed by atoms with van der Waals surface area (Å²) < 4.78 is 15.1. The molecular weight excluding hydrogens is 265 g/mol. The lowest BCUT2D eigenvalue weighted by Gasteiger charge is -2.09. The van der Waals surface area contributed by atoms with Crippen LogP contribution in [0.4, 0.5) is 10.2 Å². The van der Waals surface area contributed by atoms with Crippen molar-refractivity contribution < 1.29 is 4.39 Å². The molecule has 112 valence electrons. The van der Waals surface area contributed by atoms with Crippen LogP contribution in [0.15, 0.2) is 24.3 Å². The molecule has 0 fully saturated rings. The van der Waals surface area contributed by atoms with Crippen molar-refractivity contribution in [3.63, 3.8) is 0 Å². The molecule has 21 heavy (non-hydrogen) atoms. The molecule has 0 amide bonds. The summed E-state index contributed by atoms with van der Waals surface area (Å²) in [5.41, 5.74) is 3.43. The first kappa shape index (κ1) is 14.1. The maximum atomic E-state index is 13.1. The van der Waals surface area contributed by atoms with Crippen molar-refractivity contribution in [3.8, 4) is 5.69 Å². The Morgan fingerprint density at radius 1 is 1.24 bits per heavy atom. The Morgan fingerprint density at radius 3 is 2.71 bits per heavy atom. The third-order valence-electron chi connectivity index (χ3n) is 3.89. The Hall–Kier alpha value is -1.84. The van der Waals surface area contributed by atoms with Crippen molar-refractivity contribution in [1.29, 1.82) is 0 Å². The number of nitrogens with zero attached hydrogens (tertiary/aromatic N) is 2. The van der Waals surface area contributed by atoms with Gasteiger partial charge in [-0.2, -0.15) is 5.10 Å². The molecular formula is C17H22FN3. The van der Waals surface area contributed by atoms with Crippen LogP contribution in [-0.2, 0) is 12.8 Å². The summed E-state index contributed by atoms with van der Waals surface area (Å²) in [6, 6.07) is 6.55. The minimum Gasteiger partial charge on any atom is -0.370 e. The first-order valence-electron chi connectivity index (χ1n) is 7.75. The lowest BCUT2D eigenvalue weighted by Crippen LogP contribution is -2.07. The Bertz CT molecular complexity index is 614. The molecule has 4 heteroatoms. The number of hydrogen-bond donors (Lipinski definition) is 1. The smallest absolute Gasteiger partial charge is 0.133 e. The monoisotopic (exact) mass is 287 g/mol. The van der Waals surface area contributed by atoms with Gasteiger partial charge in [0, 0.05) is 12.1 Å². The molecule has 2 aromatic rings. The van der Waals surface area contributed by atoms with Crippen LogP contribution in [0.1, 0.15) is 37.9 Å². The average Bonchev–Trinajstić information content (AvgIpc) is 2.63. The van der Waals surface area contributed by atoms with E-state index < -0.39 is 0 Å². The number of benzene rings is 1. The van der Waals surface area contributed by atoms with E-state index in [1.54, 1.807) is 12.1 Å². The van der Waals surface area contributed by atoms with E-state index in [0.717, 1.165) is 30.9 Å². The molecule has 1 aromatic carbocycles. The highest BCUT2D eigenvalue weighted by Gasteiger charge is 2.20. The van der Waals surface area contributed by atoms with Crippen LogP contribution in [0.25, 0.3) is 5.69 Å². The van der Waals surface area contributed by atoms with E-state index in [-0.39, 0.29) is 5.82 Å². The molecule has 1 aliphatic rings. The van der Waals surface area contributed by atoms with Crippen molar-refractivity contribution in [3.05, 3.63) is 41.3 Å². The van der Waals surface area contributed by atoms with Gasteiger partial charge in [-0.1, -0.05) is 13.8 Å². The second kappa shape index (κ2) is 5.88. The second-order valence-electron chi connectivity index (χ2n) is 6.14. The van der Waals surface area contributed by atoms with Gasteiger partial charge in [0.2, 0.25) is 0 Å². The van der Waals surface area contributed by atoms with E-state index in [0.29, 0.717) is 5.92 Å². The van der Waals surface area contributed by atoms with Crippen molar-refractivity contribution in [2.24, 2.45) is 5.92 Å². The number of halogens is 1. The van der Waals surface area contributed by atoms with Crippen LogP contribution in [0.5, 0.6) is 0 Å². The molecule has 0 aliphatic carbocycles. The molecule has 1 aromatic heterocycles. The summed E-state index contributed by atoms with van der Waals surface area (Å²) in [7, 11) is 0. The fourth-order valence-electron chi connectivity index (χ4n) is 2.89. The fraction of sp³-hybridized carbons (Fsp3) is 0.471. The molecule has 0 radical (unpaired) electrons. The SMILES string of the molecule is CC(C)Cc1nn(-c2ccc(F)cc2)c2c1CCCCN2. The largest absolute Gasteiger partial charge is 0.370 e.